The van der Waals surface area contributed by atoms with Crippen molar-refractivity contribution >= 4 is 12.1 Å². The number of hydrogen-bond acceptors (Lipinski definition) is 7. The molecule has 2 bridgehead atoms. The minimum atomic E-state index is -0.978. The molecule has 0 saturated carbocycles. The van der Waals surface area contributed by atoms with Gasteiger partial charge in [-0.3, -0.25) is 4.90 Å². The quantitative estimate of drug-likeness (QED) is 0.195. The third kappa shape index (κ3) is 7.54. The summed E-state index contributed by atoms with van der Waals surface area (Å²) in [4.78, 5) is 27.1. The SMILES string of the molecule is O=C(NCc1cccc(OCc2ccc(C(=O)O)cc2Cc2cccc(C3OCCO3)c2)c1)O[C@H]1CN2CCC1C(c1ccccc1)C2. The van der Waals surface area contributed by atoms with Crippen molar-refractivity contribution in [3.05, 3.63) is 136 Å². The molecule has 4 aliphatic heterocycles. The van der Waals surface area contributed by atoms with Gasteiger partial charge in [0.15, 0.2) is 6.29 Å². The van der Waals surface area contributed by atoms with E-state index in [1.807, 2.05) is 60.7 Å². The Bertz CT molecular complexity index is 1740. The van der Waals surface area contributed by atoms with Crippen LogP contribution in [0.15, 0.2) is 97.1 Å². The maximum absolute atomic E-state index is 12.9. The number of carbonyl (C=O) groups is 2. The molecule has 1 amide bonds. The number of aromatic carboxylic acids is 1. The molecule has 4 heterocycles. The lowest BCUT2D eigenvalue weighted by Crippen LogP contribution is -2.56. The van der Waals surface area contributed by atoms with E-state index in [1.165, 1.54) is 5.56 Å². The van der Waals surface area contributed by atoms with E-state index >= 15 is 0 Å². The van der Waals surface area contributed by atoms with E-state index in [0.717, 1.165) is 53.9 Å². The molecule has 8 rings (SSSR count). The van der Waals surface area contributed by atoms with Gasteiger partial charge >= 0.3 is 12.1 Å². The zero-order chi connectivity index (χ0) is 32.9. The van der Waals surface area contributed by atoms with Gasteiger partial charge in [0.2, 0.25) is 0 Å². The third-order valence-corrected chi connectivity index (χ3v) is 9.57. The molecular weight excluding hydrogens is 608 g/mol. The monoisotopic (exact) mass is 648 g/mol. The topological polar surface area (TPSA) is 107 Å². The van der Waals surface area contributed by atoms with Crippen molar-refractivity contribution in [1.29, 1.82) is 0 Å². The van der Waals surface area contributed by atoms with Gasteiger partial charge in [0.1, 0.15) is 18.5 Å². The number of piperidine rings is 3. The molecule has 0 aromatic heterocycles. The fraction of sp³-hybridized carbons (Fsp3) is 0.333. The van der Waals surface area contributed by atoms with E-state index in [9.17, 15) is 14.7 Å². The molecule has 0 aliphatic carbocycles. The van der Waals surface area contributed by atoms with Gasteiger partial charge in [-0.05, 0) is 71.5 Å². The van der Waals surface area contributed by atoms with Crippen LogP contribution in [0.5, 0.6) is 5.75 Å². The van der Waals surface area contributed by atoms with Crippen LogP contribution in [0.1, 0.15) is 62.4 Å². The lowest BCUT2D eigenvalue weighted by molar-refractivity contribution is -0.0459. The molecule has 4 atom stereocenters. The fourth-order valence-electron chi connectivity index (χ4n) is 7.16. The second-order valence-electron chi connectivity index (χ2n) is 12.7. The lowest BCUT2D eigenvalue weighted by atomic mass is 9.74. The molecule has 9 heteroatoms. The number of carbonyl (C=O) groups excluding carboxylic acids is 1. The average Bonchev–Trinajstić information content (AvgIpc) is 3.67. The van der Waals surface area contributed by atoms with E-state index in [4.69, 9.17) is 18.9 Å². The highest BCUT2D eigenvalue weighted by molar-refractivity contribution is 5.88. The summed E-state index contributed by atoms with van der Waals surface area (Å²) in [6.07, 6.45) is 0.618. The normalized spacial score (nSPS) is 21.9. The van der Waals surface area contributed by atoms with Crippen LogP contribution in [0, 0.1) is 5.92 Å². The molecule has 4 fully saturated rings. The van der Waals surface area contributed by atoms with Crippen LogP contribution < -0.4 is 10.1 Å². The van der Waals surface area contributed by atoms with Crippen molar-refractivity contribution in [2.24, 2.45) is 5.92 Å². The van der Waals surface area contributed by atoms with E-state index in [2.05, 4.69) is 34.5 Å². The van der Waals surface area contributed by atoms with Gasteiger partial charge in [-0.2, -0.15) is 0 Å². The number of alkyl carbamates (subject to hydrolysis) is 1. The van der Waals surface area contributed by atoms with Gasteiger partial charge in [0.05, 0.1) is 18.8 Å². The number of carboxylic acids is 1. The van der Waals surface area contributed by atoms with Crippen LogP contribution in [0.3, 0.4) is 0 Å². The first-order chi connectivity index (χ1) is 23.5. The number of hydrogen-bond donors (Lipinski definition) is 2. The fourth-order valence-corrected chi connectivity index (χ4v) is 7.16. The van der Waals surface area contributed by atoms with Crippen molar-refractivity contribution in [3.63, 3.8) is 0 Å². The van der Waals surface area contributed by atoms with E-state index in [0.29, 0.717) is 43.8 Å². The third-order valence-electron chi connectivity index (χ3n) is 9.57. The number of fused-ring (bicyclic) bond motifs is 3. The zero-order valence-corrected chi connectivity index (χ0v) is 26.8. The first-order valence-electron chi connectivity index (χ1n) is 16.6. The zero-order valence-electron chi connectivity index (χ0n) is 26.8. The molecule has 4 aromatic rings. The molecule has 9 nitrogen and oxygen atoms in total. The Labute approximate surface area is 280 Å². The lowest BCUT2D eigenvalue weighted by Gasteiger charge is -2.49. The van der Waals surface area contributed by atoms with Gasteiger partial charge in [0, 0.05) is 37.0 Å². The van der Waals surface area contributed by atoms with E-state index in [1.54, 1.807) is 12.1 Å². The summed E-state index contributed by atoms with van der Waals surface area (Å²) in [6.45, 7) is 4.52. The minimum absolute atomic E-state index is 0.138. The molecule has 248 valence electrons. The van der Waals surface area contributed by atoms with Gasteiger partial charge in [-0.25, -0.2) is 9.59 Å². The van der Waals surface area contributed by atoms with Crippen LogP contribution in [-0.4, -0.2) is 61.0 Å². The Balaban J connectivity index is 0.965. The summed E-state index contributed by atoms with van der Waals surface area (Å²) in [5.74, 6) is 0.353. The summed E-state index contributed by atoms with van der Waals surface area (Å²) in [5, 5.41) is 12.6. The summed E-state index contributed by atoms with van der Waals surface area (Å²) in [7, 11) is 0. The average molecular weight is 649 g/mol. The number of rotatable bonds is 11. The Morgan fingerprint density at radius 1 is 0.833 bits per heavy atom. The molecule has 4 aliphatic rings. The maximum Gasteiger partial charge on any atom is 0.407 e. The van der Waals surface area contributed by atoms with Crippen molar-refractivity contribution in [2.45, 2.75) is 44.3 Å². The highest BCUT2D eigenvalue weighted by Crippen LogP contribution is 2.40. The summed E-state index contributed by atoms with van der Waals surface area (Å²) in [5.41, 5.74) is 6.12. The summed E-state index contributed by atoms with van der Waals surface area (Å²) < 4.78 is 23.5. The number of ether oxygens (including phenoxy) is 4. The second kappa shape index (κ2) is 14.6. The van der Waals surface area contributed by atoms with Crippen molar-refractivity contribution in [3.8, 4) is 5.75 Å². The number of nitrogens with one attached hydrogen (secondary N) is 1. The van der Waals surface area contributed by atoms with Crippen molar-refractivity contribution in [1.82, 2.24) is 10.2 Å². The number of nitrogens with zero attached hydrogens (tertiary/aromatic N) is 1. The molecule has 48 heavy (non-hydrogen) atoms. The molecular formula is C39H40N2O7. The summed E-state index contributed by atoms with van der Waals surface area (Å²) >= 11 is 0. The Morgan fingerprint density at radius 3 is 2.44 bits per heavy atom. The maximum atomic E-state index is 12.9. The Kier molecular flexibility index (Phi) is 9.70. The molecule has 2 N–H and O–H groups in total. The molecule has 4 aromatic carbocycles. The highest BCUT2D eigenvalue weighted by Gasteiger charge is 2.43. The van der Waals surface area contributed by atoms with Gasteiger partial charge in [-0.1, -0.05) is 72.8 Å². The van der Waals surface area contributed by atoms with Crippen molar-refractivity contribution in [2.75, 3.05) is 32.8 Å². The van der Waals surface area contributed by atoms with E-state index < -0.39 is 12.1 Å². The van der Waals surface area contributed by atoms with Crippen LogP contribution in [0.25, 0.3) is 0 Å². The minimum Gasteiger partial charge on any atom is -0.489 e. The number of amides is 1. The molecule has 4 saturated heterocycles. The highest BCUT2D eigenvalue weighted by atomic mass is 16.7. The second-order valence-corrected chi connectivity index (χ2v) is 12.7. The number of carboxylic acid groups (broad SMARTS) is 1. The van der Waals surface area contributed by atoms with Gasteiger partial charge in [0.25, 0.3) is 0 Å². The first kappa shape index (κ1) is 31.9. The molecule has 0 radical (unpaired) electrons. The largest absolute Gasteiger partial charge is 0.489 e. The predicted molar refractivity (Wildman–Crippen MR) is 179 cm³/mol. The standard InChI is InChI=1S/C39H40N2O7/c42-37(43)29-12-13-31(32(21-29)19-26-6-4-10-30(18-26)38-45-16-17-46-38)25-47-33-11-5-7-27(20-33)22-40-39(44)48-36-24-41-15-14-34(36)35(23-41)28-8-2-1-3-9-28/h1-13,18,20-21,34-36,38H,14-17,19,22-25H2,(H,40,44)(H,42,43)/t34?,35?,36-/m0/s1. The summed E-state index contributed by atoms with van der Waals surface area (Å²) in [6, 6.07) is 31.2. The predicted octanol–water partition coefficient (Wildman–Crippen LogP) is 6.31. The van der Waals surface area contributed by atoms with Crippen molar-refractivity contribution < 1.29 is 33.6 Å². The van der Waals surface area contributed by atoms with Crippen LogP contribution in [0.4, 0.5) is 4.79 Å². The Hall–Kier alpha value is -4.70. The smallest absolute Gasteiger partial charge is 0.407 e. The van der Waals surface area contributed by atoms with E-state index in [-0.39, 0.29) is 24.6 Å². The van der Waals surface area contributed by atoms with Crippen LogP contribution in [0.2, 0.25) is 0 Å². The molecule has 0 spiro atoms. The first-order valence-corrected chi connectivity index (χ1v) is 16.6. The van der Waals surface area contributed by atoms with Gasteiger partial charge < -0.3 is 29.4 Å². The van der Waals surface area contributed by atoms with Crippen LogP contribution in [-0.2, 0) is 33.8 Å². The van der Waals surface area contributed by atoms with Crippen LogP contribution >= 0.6 is 0 Å². The number of benzene rings is 4. The molecule has 3 unspecified atom stereocenters. The Morgan fingerprint density at radius 2 is 1.62 bits per heavy atom. The van der Waals surface area contributed by atoms with Gasteiger partial charge in [-0.15, -0.1) is 0 Å².